The van der Waals surface area contributed by atoms with Crippen molar-refractivity contribution in [2.24, 2.45) is 0 Å². The second-order valence-electron chi connectivity index (χ2n) is 7.05. The van der Waals surface area contributed by atoms with Crippen LogP contribution >= 0.6 is 0 Å². The summed E-state index contributed by atoms with van der Waals surface area (Å²) >= 11 is 0. The summed E-state index contributed by atoms with van der Waals surface area (Å²) in [6.07, 6.45) is 3.52. The van der Waals surface area contributed by atoms with Gasteiger partial charge < -0.3 is 13.8 Å². The molecule has 0 aliphatic carbocycles. The quantitative estimate of drug-likeness (QED) is 0.517. The van der Waals surface area contributed by atoms with Crippen molar-refractivity contribution in [2.45, 2.75) is 25.8 Å². The Morgan fingerprint density at radius 3 is 2.82 bits per heavy atom. The minimum Gasteiger partial charge on any atom is -0.463 e. The number of hydrogen-bond donors (Lipinski definition) is 0. The van der Waals surface area contributed by atoms with Crippen LogP contribution < -0.4 is 0 Å². The first-order valence-corrected chi connectivity index (χ1v) is 9.39. The Morgan fingerprint density at radius 2 is 2.04 bits per heavy atom. The van der Waals surface area contributed by atoms with Crippen LogP contribution in [0.1, 0.15) is 40.5 Å². The van der Waals surface area contributed by atoms with E-state index < -0.39 is 0 Å². The molecule has 4 heterocycles. The van der Waals surface area contributed by atoms with Gasteiger partial charge in [-0.05, 0) is 43.5 Å². The number of amides is 1. The Hall–Kier alpha value is -3.41. The van der Waals surface area contributed by atoms with E-state index in [1.165, 1.54) is 0 Å². The summed E-state index contributed by atoms with van der Waals surface area (Å²) in [7, 11) is 0. The Kier molecular flexibility index (Phi) is 3.97. The van der Waals surface area contributed by atoms with Crippen LogP contribution in [-0.4, -0.2) is 27.5 Å². The maximum atomic E-state index is 13.6. The normalized spacial score (nSPS) is 16.8. The molecular formula is C22H19N3O3. The van der Waals surface area contributed by atoms with Gasteiger partial charge in [0.1, 0.15) is 5.69 Å². The predicted octanol–water partition coefficient (Wildman–Crippen LogP) is 4.77. The van der Waals surface area contributed by atoms with Crippen LogP contribution in [0.4, 0.5) is 0 Å². The lowest BCUT2D eigenvalue weighted by Gasteiger charge is -2.25. The number of furan rings is 1. The summed E-state index contributed by atoms with van der Waals surface area (Å²) in [5.41, 5.74) is 3.29. The van der Waals surface area contributed by atoms with Crippen molar-refractivity contribution in [3.05, 3.63) is 71.6 Å². The molecule has 1 saturated heterocycles. The van der Waals surface area contributed by atoms with Crippen LogP contribution in [0.2, 0.25) is 0 Å². The topological polar surface area (TPSA) is 72.4 Å². The largest absolute Gasteiger partial charge is 0.463 e. The molecular weight excluding hydrogens is 354 g/mol. The Bertz CT molecular complexity index is 1130. The lowest BCUT2D eigenvalue weighted by atomic mass is 10.0. The molecule has 1 unspecified atom stereocenters. The Morgan fingerprint density at radius 1 is 1.18 bits per heavy atom. The third-order valence-corrected chi connectivity index (χ3v) is 5.32. The number of carbonyl (C=O) groups excluding carboxylic acids is 1. The molecule has 1 amide bonds. The van der Waals surface area contributed by atoms with Crippen LogP contribution in [0.5, 0.6) is 0 Å². The standard InChI is InChI=1S/C22H19N3O3/c1-14-20-16(13-17(19-10-6-12-27-19)23-21(20)28-24-14)22(26)25-11-5-9-18(25)15-7-3-2-4-8-15/h2-4,6-8,10,12-13,18H,5,9,11H2,1H3. The molecule has 0 bridgehead atoms. The summed E-state index contributed by atoms with van der Waals surface area (Å²) in [6.45, 7) is 2.55. The first-order valence-electron chi connectivity index (χ1n) is 9.39. The summed E-state index contributed by atoms with van der Waals surface area (Å²) in [5.74, 6) is 0.559. The van der Waals surface area contributed by atoms with Crippen LogP contribution in [0.25, 0.3) is 22.6 Å². The van der Waals surface area contributed by atoms with Crippen molar-refractivity contribution in [3.8, 4) is 11.5 Å². The molecule has 1 atom stereocenters. The maximum Gasteiger partial charge on any atom is 0.259 e. The fraction of sp³-hybridized carbons (Fsp3) is 0.227. The lowest BCUT2D eigenvalue weighted by molar-refractivity contribution is 0.0737. The van der Waals surface area contributed by atoms with Crippen LogP contribution in [0, 0.1) is 6.92 Å². The van der Waals surface area contributed by atoms with Crippen LogP contribution in [0.3, 0.4) is 0 Å². The zero-order valence-electron chi connectivity index (χ0n) is 15.5. The monoisotopic (exact) mass is 373 g/mol. The summed E-state index contributed by atoms with van der Waals surface area (Å²) in [5, 5.41) is 4.69. The van der Waals surface area contributed by atoms with E-state index in [2.05, 4.69) is 22.3 Å². The highest BCUT2D eigenvalue weighted by molar-refractivity contribution is 6.07. The molecule has 28 heavy (non-hydrogen) atoms. The molecule has 1 aliphatic rings. The number of hydrogen-bond acceptors (Lipinski definition) is 5. The number of carbonyl (C=O) groups is 1. The van der Waals surface area contributed by atoms with Gasteiger partial charge in [-0.3, -0.25) is 4.79 Å². The van der Waals surface area contributed by atoms with E-state index in [0.29, 0.717) is 33.8 Å². The van der Waals surface area contributed by atoms with Gasteiger partial charge in [0.05, 0.1) is 28.9 Å². The fourth-order valence-electron chi connectivity index (χ4n) is 4.00. The smallest absolute Gasteiger partial charge is 0.259 e. The van der Waals surface area contributed by atoms with Gasteiger partial charge in [0.25, 0.3) is 11.6 Å². The molecule has 1 fully saturated rings. The number of aryl methyl sites for hydroxylation is 1. The number of nitrogens with zero attached hydrogens (tertiary/aromatic N) is 3. The molecule has 0 N–H and O–H groups in total. The molecule has 4 aromatic rings. The van der Waals surface area contributed by atoms with Crippen LogP contribution in [-0.2, 0) is 0 Å². The van der Waals surface area contributed by atoms with Crippen molar-refractivity contribution in [1.29, 1.82) is 0 Å². The number of rotatable bonds is 3. The summed E-state index contributed by atoms with van der Waals surface area (Å²) < 4.78 is 10.9. The van der Waals surface area contributed by atoms with Crippen molar-refractivity contribution in [3.63, 3.8) is 0 Å². The van der Waals surface area contributed by atoms with Gasteiger partial charge in [-0.15, -0.1) is 0 Å². The molecule has 1 aliphatic heterocycles. The minimum atomic E-state index is -0.0298. The van der Waals surface area contributed by atoms with Gasteiger partial charge in [-0.25, -0.2) is 4.98 Å². The van der Waals surface area contributed by atoms with Crippen molar-refractivity contribution >= 4 is 17.0 Å². The summed E-state index contributed by atoms with van der Waals surface area (Å²) in [4.78, 5) is 20.1. The summed E-state index contributed by atoms with van der Waals surface area (Å²) in [6, 6.07) is 15.6. The van der Waals surface area contributed by atoms with E-state index in [1.807, 2.05) is 36.1 Å². The van der Waals surface area contributed by atoms with E-state index in [0.717, 1.165) is 24.9 Å². The van der Waals surface area contributed by atoms with Crippen LogP contribution in [0.15, 0.2) is 63.7 Å². The molecule has 0 spiro atoms. The van der Waals surface area contributed by atoms with Gasteiger partial charge in [-0.2, -0.15) is 0 Å². The van der Waals surface area contributed by atoms with E-state index in [9.17, 15) is 4.79 Å². The van der Waals surface area contributed by atoms with E-state index in [1.54, 1.807) is 18.4 Å². The zero-order valence-corrected chi connectivity index (χ0v) is 15.5. The van der Waals surface area contributed by atoms with E-state index >= 15 is 0 Å². The minimum absolute atomic E-state index is 0.0298. The molecule has 140 valence electrons. The first-order chi connectivity index (χ1) is 13.7. The molecule has 3 aromatic heterocycles. The molecule has 0 saturated carbocycles. The highest BCUT2D eigenvalue weighted by Gasteiger charge is 2.32. The molecule has 6 heteroatoms. The fourth-order valence-corrected chi connectivity index (χ4v) is 4.00. The highest BCUT2D eigenvalue weighted by Crippen LogP contribution is 2.35. The van der Waals surface area contributed by atoms with Gasteiger partial charge in [0.2, 0.25) is 0 Å². The highest BCUT2D eigenvalue weighted by atomic mass is 16.5. The number of fused-ring (bicyclic) bond motifs is 1. The average molecular weight is 373 g/mol. The SMILES string of the molecule is Cc1noc2nc(-c3ccco3)cc(C(=O)N3CCCC3c3ccccc3)c12. The molecule has 1 aromatic carbocycles. The van der Waals surface area contributed by atoms with Gasteiger partial charge in [0.15, 0.2) is 5.76 Å². The third kappa shape index (κ3) is 2.69. The van der Waals surface area contributed by atoms with E-state index in [4.69, 9.17) is 8.94 Å². The number of aromatic nitrogens is 2. The third-order valence-electron chi connectivity index (χ3n) is 5.32. The predicted molar refractivity (Wildman–Crippen MR) is 104 cm³/mol. The zero-order chi connectivity index (χ0) is 19.1. The van der Waals surface area contributed by atoms with E-state index in [-0.39, 0.29) is 11.9 Å². The van der Waals surface area contributed by atoms with Crippen molar-refractivity contribution < 1.29 is 13.7 Å². The Labute approximate surface area is 161 Å². The first kappa shape index (κ1) is 16.7. The number of likely N-dealkylation sites (tertiary alicyclic amines) is 1. The lowest BCUT2D eigenvalue weighted by Crippen LogP contribution is -2.30. The number of pyridine rings is 1. The molecule has 6 nitrogen and oxygen atoms in total. The van der Waals surface area contributed by atoms with Gasteiger partial charge in [-0.1, -0.05) is 35.5 Å². The second kappa shape index (κ2) is 6.64. The van der Waals surface area contributed by atoms with Crippen molar-refractivity contribution in [1.82, 2.24) is 15.0 Å². The molecule has 0 radical (unpaired) electrons. The van der Waals surface area contributed by atoms with Gasteiger partial charge in [0, 0.05) is 6.54 Å². The molecule has 5 rings (SSSR count). The van der Waals surface area contributed by atoms with Gasteiger partial charge >= 0.3 is 0 Å². The number of benzene rings is 1. The maximum absolute atomic E-state index is 13.6. The average Bonchev–Trinajstić information content (AvgIpc) is 3.49. The Balaban J connectivity index is 1.61. The van der Waals surface area contributed by atoms with Crippen molar-refractivity contribution in [2.75, 3.05) is 6.54 Å². The second-order valence-corrected chi connectivity index (χ2v) is 7.05.